The van der Waals surface area contributed by atoms with E-state index in [2.05, 4.69) is 0 Å². The van der Waals surface area contributed by atoms with Crippen molar-refractivity contribution in [2.45, 2.75) is 6.92 Å². The number of carbonyl (C=O) groups is 1. The molecule has 0 aliphatic rings. The molecule has 3 heteroatoms. The first kappa shape index (κ1) is 10.4. The highest BCUT2D eigenvalue weighted by Crippen LogP contribution is 2.19. The fourth-order valence-corrected chi connectivity index (χ4v) is 2.29. The van der Waals surface area contributed by atoms with Crippen LogP contribution in [0.1, 0.15) is 21.5 Å². The molecular weight excluding hydrogens is 228 g/mol. The van der Waals surface area contributed by atoms with Gasteiger partial charge in [-0.15, -0.1) is 0 Å². The molecule has 0 unspecified atom stereocenters. The molecule has 0 spiro atoms. The smallest absolute Gasteiger partial charge is 0.194 e. The summed E-state index contributed by atoms with van der Waals surface area (Å²) in [7, 11) is 0. The maximum atomic E-state index is 12.0. The van der Waals surface area contributed by atoms with E-state index < -0.39 is 0 Å². The molecule has 0 N–H and O–H groups in total. The van der Waals surface area contributed by atoms with Crippen LogP contribution in [0.25, 0.3) is 0 Å². The Morgan fingerprint density at radius 2 is 2.13 bits per heavy atom. The van der Waals surface area contributed by atoms with E-state index >= 15 is 0 Å². The number of benzene rings is 1. The van der Waals surface area contributed by atoms with Crippen molar-refractivity contribution < 1.29 is 4.79 Å². The molecule has 0 fully saturated rings. The van der Waals surface area contributed by atoms with Crippen LogP contribution in [0.4, 0.5) is 0 Å². The van der Waals surface area contributed by atoms with Crippen LogP contribution >= 0.6 is 22.9 Å². The van der Waals surface area contributed by atoms with Gasteiger partial charge in [-0.05, 0) is 42.1 Å². The zero-order valence-corrected chi connectivity index (χ0v) is 9.73. The standard InChI is InChI=1S/C12H9ClOS/c1-8-6-10(13)2-3-11(8)12(14)9-4-5-15-7-9/h2-7H,1H3. The monoisotopic (exact) mass is 236 g/mol. The van der Waals surface area contributed by atoms with Gasteiger partial charge in [0.1, 0.15) is 0 Å². The molecular formula is C12H9ClOS. The number of hydrogen-bond donors (Lipinski definition) is 0. The molecule has 0 atom stereocenters. The Morgan fingerprint density at radius 1 is 1.33 bits per heavy atom. The van der Waals surface area contributed by atoms with Crippen molar-refractivity contribution in [3.8, 4) is 0 Å². The number of rotatable bonds is 2. The van der Waals surface area contributed by atoms with Crippen molar-refractivity contribution in [3.05, 3.63) is 56.7 Å². The number of hydrogen-bond acceptors (Lipinski definition) is 2. The molecule has 0 aliphatic carbocycles. The molecule has 2 aromatic rings. The van der Waals surface area contributed by atoms with Gasteiger partial charge in [-0.2, -0.15) is 11.3 Å². The highest BCUT2D eigenvalue weighted by Gasteiger charge is 2.11. The van der Waals surface area contributed by atoms with E-state index in [1.54, 1.807) is 18.2 Å². The van der Waals surface area contributed by atoms with Crippen LogP contribution in [0.15, 0.2) is 35.0 Å². The Balaban J connectivity index is 2.42. The van der Waals surface area contributed by atoms with Crippen LogP contribution in [-0.2, 0) is 0 Å². The Bertz CT molecular complexity index is 488. The van der Waals surface area contributed by atoms with Crippen molar-refractivity contribution in [2.24, 2.45) is 0 Å². The van der Waals surface area contributed by atoms with E-state index in [4.69, 9.17) is 11.6 Å². The van der Waals surface area contributed by atoms with Crippen LogP contribution in [0.5, 0.6) is 0 Å². The predicted octanol–water partition coefficient (Wildman–Crippen LogP) is 3.94. The Kier molecular flexibility index (Phi) is 2.89. The number of aryl methyl sites for hydroxylation is 1. The topological polar surface area (TPSA) is 17.1 Å². The van der Waals surface area contributed by atoms with Gasteiger partial charge in [-0.3, -0.25) is 4.79 Å². The normalized spacial score (nSPS) is 10.3. The summed E-state index contributed by atoms with van der Waals surface area (Å²) in [5, 5.41) is 4.42. The van der Waals surface area contributed by atoms with E-state index in [1.807, 2.05) is 23.8 Å². The molecule has 2 rings (SSSR count). The van der Waals surface area contributed by atoms with E-state index in [-0.39, 0.29) is 5.78 Å². The third-order valence-corrected chi connectivity index (χ3v) is 3.13. The third-order valence-electron chi connectivity index (χ3n) is 2.22. The summed E-state index contributed by atoms with van der Waals surface area (Å²) in [6.45, 7) is 1.89. The minimum Gasteiger partial charge on any atom is -0.289 e. The lowest BCUT2D eigenvalue weighted by molar-refractivity contribution is 0.103. The lowest BCUT2D eigenvalue weighted by atomic mass is 10.0. The van der Waals surface area contributed by atoms with Gasteiger partial charge in [-0.25, -0.2) is 0 Å². The molecule has 0 saturated heterocycles. The molecule has 0 amide bonds. The fraction of sp³-hybridized carbons (Fsp3) is 0.0833. The summed E-state index contributed by atoms with van der Waals surface area (Å²) in [4.78, 5) is 12.0. The Hall–Kier alpha value is -1.12. The van der Waals surface area contributed by atoms with Crippen molar-refractivity contribution in [1.29, 1.82) is 0 Å². The maximum absolute atomic E-state index is 12.0. The van der Waals surface area contributed by atoms with Crippen molar-refractivity contribution in [1.82, 2.24) is 0 Å². The van der Waals surface area contributed by atoms with Gasteiger partial charge in [0.05, 0.1) is 0 Å². The first-order chi connectivity index (χ1) is 7.18. The SMILES string of the molecule is Cc1cc(Cl)ccc1C(=O)c1ccsc1. The van der Waals surface area contributed by atoms with Crippen LogP contribution in [0.3, 0.4) is 0 Å². The average molecular weight is 237 g/mol. The largest absolute Gasteiger partial charge is 0.289 e. The summed E-state index contributed by atoms with van der Waals surface area (Å²) in [6, 6.07) is 7.16. The molecule has 0 radical (unpaired) electrons. The van der Waals surface area contributed by atoms with Crippen molar-refractivity contribution in [2.75, 3.05) is 0 Å². The van der Waals surface area contributed by atoms with Gasteiger partial charge in [0.15, 0.2) is 5.78 Å². The molecule has 76 valence electrons. The summed E-state index contributed by atoms with van der Waals surface area (Å²) in [6.07, 6.45) is 0. The summed E-state index contributed by atoms with van der Waals surface area (Å²) < 4.78 is 0. The second kappa shape index (κ2) is 4.17. The zero-order valence-electron chi connectivity index (χ0n) is 8.16. The van der Waals surface area contributed by atoms with Crippen LogP contribution in [0, 0.1) is 6.92 Å². The summed E-state index contributed by atoms with van der Waals surface area (Å²) in [5.74, 6) is 0.0606. The molecule has 1 aromatic carbocycles. The quantitative estimate of drug-likeness (QED) is 0.722. The predicted molar refractivity (Wildman–Crippen MR) is 63.9 cm³/mol. The zero-order chi connectivity index (χ0) is 10.8. The molecule has 0 saturated carbocycles. The number of thiophene rings is 1. The van der Waals surface area contributed by atoms with E-state index in [1.165, 1.54) is 11.3 Å². The first-order valence-corrected chi connectivity index (χ1v) is 5.83. The molecule has 1 heterocycles. The second-order valence-electron chi connectivity index (χ2n) is 3.30. The summed E-state index contributed by atoms with van der Waals surface area (Å²) >= 11 is 7.36. The molecule has 0 aliphatic heterocycles. The van der Waals surface area contributed by atoms with Gasteiger partial charge in [0.2, 0.25) is 0 Å². The number of carbonyl (C=O) groups excluding carboxylic acids is 1. The summed E-state index contributed by atoms with van der Waals surface area (Å²) in [5.41, 5.74) is 2.38. The lowest BCUT2D eigenvalue weighted by Crippen LogP contribution is -2.01. The van der Waals surface area contributed by atoms with E-state index in [0.29, 0.717) is 5.02 Å². The highest BCUT2D eigenvalue weighted by atomic mass is 35.5. The van der Waals surface area contributed by atoms with Crippen LogP contribution in [-0.4, -0.2) is 5.78 Å². The minimum atomic E-state index is 0.0606. The van der Waals surface area contributed by atoms with Gasteiger partial charge in [0.25, 0.3) is 0 Å². The van der Waals surface area contributed by atoms with Crippen molar-refractivity contribution in [3.63, 3.8) is 0 Å². The highest BCUT2D eigenvalue weighted by molar-refractivity contribution is 7.08. The van der Waals surface area contributed by atoms with Crippen molar-refractivity contribution >= 4 is 28.7 Å². The van der Waals surface area contributed by atoms with Gasteiger partial charge >= 0.3 is 0 Å². The lowest BCUT2D eigenvalue weighted by Gasteiger charge is -2.03. The maximum Gasteiger partial charge on any atom is 0.194 e. The Morgan fingerprint density at radius 3 is 2.73 bits per heavy atom. The Labute approximate surface area is 97.3 Å². The van der Waals surface area contributed by atoms with Crippen LogP contribution < -0.4 is 0 Å². The number of ketones is 1. The van der Waals surface area contributed by atoms with E-state index in [9.17, 15) is 4.79 Å². The van der Waals surface area contributed by atoms with E-state index in [0.717, 1.165) is 16.7 Å². The van der Waals surface area contributed by atoms with Gasteiger partial charge < -0.3 is 0 Å². The average Bonchev–Trinajstić information content (AvgIpc) is 2.69. The minimum absolute atomic E-state index is 0.0606. The fourth-order valence-electron chi connectivity index (χ4n) is 1.43. The second-order valence-corrected chi connectivity index (χ2v) is 4.52. The first-order valence-electron chi connectivity index (χ1n) is 4.51. The molecule has 0 bridgehead atoms. The van der Waals surface area contributed by atoms with Gasteiger partial charge in [-0.1, -0.05) is 11.6 Å². The molecule has 15 heavy (non-hydrogen) atoms. The van der Waals surface area contributed by atoms with Crippen LogP contribution in [0.2, 0.25) is 5.02 Å². The molecule has 1 aromatic heterocycles. The third kappa shape index (κ3) is 2.11. The molecule has 1 nitrogen and oxygen atoms in total. The number of halogens is 1. The van der Waals surface area contributed by atoms with Gasteiger partial charge in [0, 0.05) is 21.5 Å².